The second kappa shape index (κ2) is 8.45. The van der Waals surface area contributed by atoms with Crippen molar-refractivity contribution in [3.8, 4) is 0 Å². The molecule has 11 heteroatoms. The second-order valence-electron chi connectivity index (χ2n) is 8.39. The number of sulfonamides is 1. The smallest absolute Gasteiger partial charge is 0.243 e. The van der Waals surface area contributed by atoms with Crippen LogP contribution in [0.15, 0.2) is 23.1 Å². The van der Waals surface area contributed by atoms with Crippen molar-refractivity contribution < 1.29 is 18.0 Å². The molecular formula is C20H27N5O4S2. The zero-order chi connectivity index (χ0) is 22.3. The van der Waals surface area contributed by atoms with Crippen LogP contribution in [0.1, 0.15) is 20.3 Å². The fraction of sp³-hybridized carbons (Fsp3) is 0.550. The number of hydrogen-bond acceptors (Lipinski definition) is 7. The van der Waals surface area contributed by atoms with Gasteiger partial charge in [0.25, 0.3) is 0 Å². The minimum atomic E-state index is -3.57. The van der Waals surface area contributed by atoms with Gasteiger partial charge in [0.05, 0.1) is 21.0 Å². The van der Waals surface area contributed by atoms with Gasteiger partial charge < -0.3 is 15.1 Å². The van der Waals surface area contributed by atoms with Crippen molar-refractivity contribution in [3.05, 3.63) is 18.2 Å². The molecule has 2 aliphatic rings. The molecule has 2 saturated heterocycles. The van der Waals surface area contributed by atoms with E-state index in [1.807, 2.05) is 20.9 Å². The molecule has 0 saturated carbocycles. The molecule has 2 amide bonds. The lowest BCUT2D eigenvalue weighted by Gasteiger charge is -2.31. The molecule has 3 heterocycles. The number of benzene rings is 1. The first-order chi connectivity index (χ1) is 14.6. The molecule has 0 spiro atoms. The first kappa shape index (κ1) is 22.1. The number of amides is 2. The molecule has 1 N–H and O–H groups in total. The fourth-order valence-electron chi connectivity index (χ4n) is 3.91. The summed E-state index contributed by atoms with van der Waals surface area (Å²) in [5, 5.41) is 3.21. The Balaban J connectivity index is 1.49. The molecule has 1 aromatic heterocycles. The largest absolute Gasteiger partial charge is 0.339 e. The maximum atomic E-state index is 13.0. The highest BCUT2D eigenvalue weighted by molar-refractivity contribution is 7.89. The number of fused-ring (bicyclic) bond motifs is 1. The van der Waals surface area contributed by atoms with Gasteiger partial charge in [-0.2, -0.15) is 4.31 Å². The quantitative estimate of drug-likeness (QED) is 0.717. The molecular weight excluding hydrogens is 438 g/mol. The molecule has 0 radical (unpaired) electrons. The Morgan fingerprint density at radius 3 is 2.58 bits per heavy atom. The van der Waals surface area contributed by atoms with Gasteiger partial charge in [-0.1, -0.05) is 11.3 Å². The number of nitrogens with zero attached hydrogens (tertiary/aromatic N) is 4. The molecule has 2 aliphatic heterocycles. The highest BCUT2D eigenvalue weighted by atomic mass is 32.2. The van der Waals surface area contributed by atoms with Gasteiger partial charge >= 0.3 is 0 Å². The maximum absolute atomic E-state index is 13.0. The molecule has 168 valence electrons. The summed E-state index contributed by atoms with van der Waals surface area (Å²) in [6, 6.07) is 4.92. The first-order valence-electron chi connectivity index (χ1n) is 10.3. The van der Waals surface area contributed by atoms with Crippen molar-refractivity contribution in [2.45, 2.75) is 31.2 Å². The number of rotatable bonds is 5. The van der Waals surface area contributed by atoms with Crippen LogP contribution in [0.2, 0.25) is 0 Å². The molecule has 0 bridgehead atoms. The van der Waals surface area contributed by atoms with E-state index >= 15 is 0 Å². The van der Waals surface area contributed by atoms with Gasteiger partial charge in [0.2, 0.25) is 21.8 Å². The Bertz CT molecular complexity index is 1110. The van der Waals surface area contributed by atoms with Crippen molar-refractivity contribution in [2.75, 3.05) is 45.1 Å². The van der Waals surface area contributed by atoms with Crippen molar-refractivity contribution in [1.82, 2.24) is 19.1 Å². The number of piperazine rings is 1. The van der Waals surface area contributed by atoms with Crippen LogP contribution in [0.4, 0.5) is 5.13 Å². The van der Waals surface area contributed by atoms with Crippen LogP contribution < -0.4 is 5.32 Å². The predicted octanol–water partition coefficient (Wildman–Crippen LogP) is 1.43. The number of aromatic nitrogens is 1. The molecule has 1 unspecified atom stereocenters. The summed E-state index contributed by atoms with van der Waals surface area (Å²) in [5.41, 5.74) is 0.629. The molecule has 0 aliphatic carbocycles. The van der Waals surface area contributed by atoms with Crippen molar-refractivity contribution in [1.29, 1.82) is 0 Å². The maximum Gasteiger partial charge on any atom is 0.243 e. The van der Waals surface area contributed by atoms with E-state index in [0.717, 1.165) is 0 Å². The van der Waals surface area contributed by atoms with Gasteiger partial charge in [-0.3, -0.25) is 9.59 Å². The van der Waals surface area contributed by atoms with Crippen LogP contribution >= 0.6 is 11.3 Å². The molecule has 4 rings (SSSR count). The Hall–Kier alpha value is -2.08. The third-order valence-corrected chi connectivity index (χ3v) is 8.67. The first-order valence-corrected chi connectivity index (χ1v) is 12.6. The fourth-order valence-corrected chi connectivity index (χ4v) is 6.34. The van der Waals surface area contributed by atoms with Gasteiger partial charge in [0.15, 0.2) is 5.13 Å². The number of likely N-dealkylation sites (tertiary alicyclic amines) is 1. The predicted molar refractivity (Wildman–Crippen MR) is 119 cm³/mol. The molecule has 1 atom stereocenters. The van der Waals surface area contributed by atoms with E-state index in [4.69, 9.17) is 0 Å². The third-order valence-electron chi connectivity index (χ3n) is 5.84. The van der Waals surface area contributed by atoms with Gasteiger partial charge in [-0.25, -0.2) is 13.4 Å². The number of carbonyl (C=O) groups excluding carboxylic acids is 2. The van der Waals surface area contributed by atoms with Crippen LogP contribution in [-0.2, 0) is 19.6 Å². The molecule has 9 nitrogen and oxygen atoms in total. The SMILES string of the molecule is CC(C)N1CC(C(=O)Nc2nc3ccc(S(=O)(=O)N4CCN(C)CC4)cc3s2)CC1=O. The minimum Gasteiger partial charge on any atom is -0.339 e. The lowest BCUT2D eigenvalue weighted by atomic mass is 10.1. The van der Waals surface area contributed by atoms with Gasteiger partial charge in [0, 0.05) is 45.2 Å². The normalized spacial score (nSPS) is 21.4. The van der Waals surface area contributed by atoms with E-state index in [2.05, 4.69) is 15.2 Å². The Kier molecular flexibility index (Phi) is 6.03. The van der Waals surface area contributed by atoms with E-state index in [-0.39, 0.29) is 29.2 Å². The van der Waals surface area contributed by atoms with Gasteiger partial charge in [0.1, 0.15) is 0 Å². The van der Waals surface area contributed by atoms with Crippen LogP contribution in [0.5, 0.6) is 0 Å². The van der Waals surface area contributed by atoms with Crippen LogP contribution in [-0.4, -0.2) is 85.1 Å². The Morgan fingerprint density at radius 2 is 1.94 bits per heavy atom. The summed E-state index contributed by atoms with van der Waals surface area (Å²) < 4.78 is 28.2. The highest BCUT2D eigenvalue weighted by Crippen LogP contribution is 2.30. The van der Waals surface area contributed by atoms with Crippen LogP contribution in [0.3, 0.4) is 0 Å². The number of anilines is 1. The Morgan fingerprint density at radius 1 is 1.23 bits per heavy atom. The van der Waals surface area contributed by atoms with E-state index in [0.29, 0.717) is 48.1 Å². The Labute approximate surface area is 186 Å². The second-order valence-corrected chi connectivity index (χ2v) is 11.4. The lowest BCUT2D eigenvalue weighted by Crippen LogP contribution is -2.46. The minimum absolute atomic E-state index is 0.0156. The number of hydrogen-bond donors (Lipinski definition) is 1. The average Bonchev–Trinajstić information content (AvgIpc) is 3.30. The lowest BCUT2D eigenvalue weighted by molar-refractivity contribution is -0.129. The van der Waals surface area contributed by atoms with Gasteiger partial charge in [-0.05, 0) is 39.1 Å². The van der Waals surface area contributed by atoms with Crippen molar-refractivity contribution >= 4 is 48.5 Å². The van der Waals surface area contributed by atoms with Crippen LogP contribution in [0.25, 0.3) is 10.2 Å². The van der Waals surface area contributed by atoms with E-state index in [9.17, 15) is 18.0 Å². The monoisotopic (exact) mass is 465 g/mol. The highest BCUT2D eigenvalue weighted by Gasteiger charge is 2.36. The standard InChI is InChI=1S/C20H27N5O4S2/c1-13(2)25-12-14(10-18(25)26)19(27)22-20-21-16-5-4-15(11-17(16)30-20)31(28,29)24-8-6-23(3)7-9-24/h4-5,11,13-14H,6-10,12H2,1-3H3,(H,21,22,27). The summed E-state index contributed by atoms with van der Waals surface area (Å²) in [7, 11) is -1.59. The summed E-state index contributed by atoms with van der Waals surface area (Å²) in [4.78, 5) is 33.2. The van der Waals surface area contributed by atoms with Gasteiger partial charge in [-0.15, -0.1) is 0 Å². The van der Waals surface area contributed by atoms with Crippen molar-refractivity contribution in [3.63, 3.8) is 0 Å². The summed E-state index contributed by atoms with van der Waals surface area (Å²) in [6.07, 6.45) is 0.197. The van der Waals surface area contributed by atoms with Crippen molar-refractivity contribution in [2.24, 2.45) is 5.92 Å². The summed E-state index contributed by atoms with van der Waals surface area (Å²) in [6.45, 7) is 6.61. The zero-order valence-corrected chi connectivity index (χ0v) is 19.5. The summed E-state index contributed by atoms with van der Waals surface area (Å²) in [5.74, 6) is -0.658. The molecule has 31 heavy (non-hydrogen) atoms. The average molecular weight is 466 g/mol. The van der Waals surface area contributed by atoms with E-state index in [1.165, 1.54) is 15.6 Å². The molecule has 1 aromatic carbocycles. The number of carbonyl (C=O) groups is 2. The zero-order valence-electron chi connectivity index (χ0n) is 17.9. The summed E-state index contributed by atoms with van der Waals surface area (Å²) >= 11 is 1.24. The van der Waals surface area contributed by atoms with Crippen LogP contribution in [0, 0.1) is 5.92 Å². The third kappa shape index (κ3) is 4.45. The topological polar surface area (TPSA) is 103 Å². The van der Waals surface area contributed by atoms with E-state index in [1.54, 1.807) is 23.1 Å². The molecule has 2 aromatic rings. The number of nitrogens with one attached hydrogen (secondary N) is 1. The number of likely N-dealkylation sites (N-methyl/N-ethyl adjacent to an activating group) is 1. The number of thiazole rings is 1. The molecule has 2 fully saturated rings. The van der Waals surface area contributed by atoms with E-state index < -0.39 is 15.9 Å².